The van der Waals surface area contributed by atoms with Crippen LogP contribution in [0.25, 0.3) is 6.08 Å². The van der Waals surface area contributed by atoms with Crippen molar-refractivity contribution in [3.63, 3.8) is 0 Å². The minimum absolute atomic E-state index is 0.227. The minimum Gasteiger partial charge on any atom is -0.508 e. The Bertz CT molecular complexity index is 677. The average Bonchev–Trinajstić information content (AvgIpc) is 2.59. The van der Waals surface area contributed by atoms with Crippen LogP contribution in [0.5, 0.6) is 5.75 Å². The van der Waals surface area contributed by atoms with E-state index < -0.39 is 12.2 Å². The highest BCUT2D eigenvalue weighted by Gasteiger charge is 2.15. The van der Waals surface area contributed by atoms with Gasteiger partial charge >= 0.3 is 5.97 Å². The molecule has 0 aromatic heterocycles. The fourth-order valence-corrected chi connectivity index (χ4v) is 2.54. The standard InChI is InChI=1S/C21H24O4/c1-16(22)25-21(14-10-17-5-3-2-4-6-17)15-20(24)13-9-18-7-11-19(23)12-8-18/h2-8,10-12,14,20-21,23-24H,9,13,15H2,1H3/t20-,21-/m1/s1. The molecule has 0 heterocycles. The lowest BCUT2D eigenvalue weighted by atomic mass is 10.0. The normalized spacial score (nSPS) is 13.5. The molecular formula is C21H24O4. The predicted octanol–water partition coefficient (Wildman–Crippen LogP) is 3.72. The zero-order valence-corrected chi connectivity index (χ0v) is 14.3. The van der Waals surface area contributed by atoms with Crippen LogP contribution in [0, 0.1) is 0 Å². The van der Waals surface area contributed by atoms with E-state index in [1.54, 1.807) is 18.2 Å². The first-order chi connectivity index (χ1) is 12.0. The molecule has 0 spiro atoms. The van der Waals surface area contributed by atoms with Crippen LogP contribution in [-0.2, 0) is 16.0 Å². The molecule has 0 amide bonds. The molecular weight excluding hydrogens is 316 g/mol. The van der Waals surface area contributed by atoms with Crippen LogP contribution >= 0.6 is 0 Å². The molecule has 0 aliphatic rings. The van der Waals surface area contributed by atoms with Crippen molar-refractivity contribution < 1.29 is 19.7 Å². The van der Waals surface area contributed by atoms with Crippen molar-refractivity contribution in [2.24, 2.45) is 0 Å². The molecule has 0 radical (unpaired) electrons. The summed E-state index contributed by atoms with van der Waals surface area (Å²) in [6.07, 6.45) is 4.24. The van der Waals surface area contributed by atoms with Gasteiger partial charge in [0, 0.05) is 13.3 Å². The highest BCUT2D eigenvalue weighted by Crippen LogP contribution is 2.15. The smallest absolute Gasteiger partial charge is 0.303 e. The predicted molar refractivity (Wildman–Crippen MR) is 98.1 cm³/mol. The summed E-state index contributed by atoms with van der Waals surface area (Å²) in [5.74, 6) is -0.140. The van der Waals surface area contributed by atoms with E-state index in [0.717, 1.165) is 11.1 Å². The molecule has 0 saturated heterocycles. The van der Waals surface area contributed by atoms with Gasteiger partial charge < -0.3 is 14.9 Å². The summed E-state index contributed by atoms with van der Waals surface area (Å²) >= 11 is 0. The van der Waals surface area contributed by atoms with E-state index in [2.05, 4.69) is 0 Å². The minimum atomic E-state index is -0.585. The van der Waals surface area contributed by atoms with Crippen LogP contribution in [0.15, 0.2) is 60.7 Å². The molecule has 2 rings (SSSR count). The molecule has 0 unspecified atom stereocenters. The fourth-order valence-electron chi connectivity index (χ4n) is 2.54. The molecule has 0 fully saturated rings. The third-order valence-corrected chi connectivity index (χ3v) is 3.83. The number of aryl methyl sites for hydroxylation is 1. The van der Waals surface area contributed by atoms with E-state index in [-0.39, 0.29) is 11.7 Å². The number of hydrogen-bond donors (Lipinski definition) is 2. The molecule has 2 N–H and O–H groups in total. The van der Waals surface area contributed by atoms with E-state index in [0.29, 0.717) is 19.3 Å². The maximum atomic E-state index is 11.3. The van der Waals surface area contributed by atoms with E-state index in [4.69, 9.17) is 4.74 Å². The first-order valence-electron chi connectivity index (χ1n) is 8.39. The summed E-state index contributed by atoms with van der Waals surface area (Å²) in [6.45, 7) is 1.37. The molecule has 0 saturated carbocycles. The lowest BCUT2D eigenvalue weighted by Crippen LogP contribution is -2.21. The van der Waals surface area contributed by atoms with E-state index in [1.807, 2.05) is 48.5 Å². The van der Waals surface area contributed by atoms with Crippen molar-refractivity contribution >= 4 is 12.0 Å². The summed E-state index contributed by atoms with van der Waals surface area (Å²) in [5.41, 5.74) is 2.05. The Kier molecular flexibility index (Phi) is 7.23. The van der Waals surface area contributed by atoms with E-state index in [1.165, 1.54) is 6.92 Å². The number of rotatable bonds is 8. The van der Waals surface area contributed by atoms with Crippen molar-refractivity contribution in [2.45, 2.75) is 38.4 Å². The third-order valence-electron chi connectivity index (χ3n) is 3.83. The molecule has 0 bridgehead atoms. The van der Waals surface area contributed by atoms with Gasteiger partial charge in [0.15, 0.2) is 0 Å². The van der Waals surface area contributed by atoms with Crippen molar-refractivity contribution in [1.82, 2.24) is 0 Å². The Labute approximate surface area is 148 Å². The van der Waals surface area contributed by atoms with Gasteiger partial charge in [0.1, 0.15) is 11.9 Å². The number of phenolic OH excluding ortho intramolecular Hbond substituents is 1. The summed E-state index contributed by atoms with van der Waals surface area (Å²) < 4.78 is 5.29. The molecule has 2 aromatic carbocycles. The van der Waals surface area contributed by atoms with Gasteiger partial charge in [-0.15, -0.1) is 0 Å². The maximum absolute atomic E-state index is 11.3. The number of carbonyl (C=O) groups excluding carboxylic acids is 1. The number of aliphatic hydroxyl groups is 1. The Morgan fingerprint density at radius 3 is 2.44 bits per heavy atom. The molecule has 0 aliphatic carbocycles. The van der Waals surface area contributed by atoms with Gasteiger partial charge in [-0.2, -0.15) is 0 Å². The number of phenols is 1. The van der Waals surface area contributed by atoms with Gasteiger partial charge in [-0.05, 0) is 42.2 Å². The first kappa shape index (κ1) is 18.7. The highest BCUT2D eigenvalue weighted by atomic mass is 16.5. The van der Waals surface area contributed by atoms with Crippen molar-refractivity contribution in [1.29, 1.82) is 0 Å². The number of aromatic hydroxyl groups is 1. The second-order valence-corrected chi connectivity index (χ2v) is 6.01. The van der Waals surface area contributed by atoms with Gasteiger partial charge in [-0.25, -0.2) is 0 Å². The van der Waals surface area contributed by atoms with Gasteiger partial charge in [0.25, 0.3) is 0 Å². The second kappa shape index (κ2) is 9.64. The monoisotopic (exact) mass is 340 g/mol. The van der Waals surface area contributed by atoms with E-state index in [9.17, 15) is 15.0 Å². The number of ether oxygens (including phenoxy) is 1. The zero-order valence-electron chi connectivity index (χ0n) is 14.3. The molecule has 25 heavy (non-hydrogen) atoms. The van der Waals surface area contributed by atoms with Crippen molar-refractivity contribution in [3.8, 4) is 5.75 Å². The van der Waals surface area contributed by atoms with Crippen LogP contribution in [-0.4, -0.2) is 28.4 Å². The van der Waals surface area contributed by atoms with Crippen LogP contribution in [0.3, 0.4) is 0 Å². The van der Waals surface area contributed by atoms with Crippen LogP contribution in [0.1, 0.15) is 30.9 Å². The summed E-state index contributed by atoms with van der Waals surface area (Å²) in [6, 6.07) is 16.7. The molecule has 132 valence electrons. The van der Waals surface area contributed by atoms with Gasteiger partial charge in [0.2, 0.25) is 0 Å². The van der Waals surface area contributed by atoms with Gasteiger partial charge in [0.05, 0.1) is 6.10 Å². The summed E-state index contributed by atoms with van der Waals surface area (Å²) in [7, 11) is 0. The molecule has 2 aromatic rings. The van der Waals surface area contributed by atoms with Crippen molar-refractivity contribution in [3.05, 3.63) is 71.8 Å². The summed E-state index contributed by atoms with van der Waals surface area (Å²) in [5, 5.41) is 19.6. The van der Waals surface area contributed by atoms with Crippen LogP contribution in [0.2, 0.25) is 0 Å². The maximum Gasteiger partial charge on any atom is 0.303 e. The van der Waals surface area contributed by atoms with Gasteiger partial charge in [-0.1, -0.05) is 48.5 Å². The molecule has 4 heteroatoms. The quantitative estimate of drug-likeness (QED) is 0.719. The number of esters is 1. The summed E-state index contributed by atoms with van der Waals surface area (Å²) in [4.78, 5) is 11.3. The lowest BCUT2D eigenvalue weighted by molar-refractivity contribution is -0.145. The SMILES string of the molecule is CC(=O)O[C@H](C=Cc1ccccc1)C[C@H](O)CCc1ccc(O)cc1. The topological polar surface area (TPSA) is 66.8 Å². The number of hydrogen-bond acceptors (Lipinski definition) is 4. The second-order valence-electron chi connectivity index (χ2n) is 6.01. The number of benzene rings is 2. The van der Waals surface area contributed by atoms with Crippen LogP contribution < -0.4 is 0 Å². The number of carbonyl (C=O) groups is 1. The zero-order chi connectivity index (χ0) is 18.1. The van der Waals surface area contributed by atoms with Crippen molar-refractivity contribution in [2.75, 3.05) is 0 Å². The number of aliphatic hydroxyl groups excluding tert-OH is 1. The first-order valence-corrected chi connectivity index (χ1v) is 8.39. The molecule has 4 nitrogen and oxygen atoms in total. The Morgan fingerprint density at radius 2 is 1.80 bits per heavy atom. The third kappa shape index (κ3) is 7.23. The molecule has 0 aliphatic heterocycles. The highest BCUT2D eigenvalue weighted by molar-refractivity contribution is 5.66. The Morgan fingerprint density at radius 1 is 1.12 bits per heavy atom. The largest absolute Gasteiger partial charge is 0.508 e. The Hall–Kier alpha value is -2.59. The van der Waals surface area contributed by atoms with E-state index >= 15 is 0 Å². The van der Waals surface area contributed by atoms with Crippen LogP contribution in [0.4, 0.5) is 0 Å². The lowest BCUT2D eigenvalue weighted by Gasteiger charge is -2.17. The van der Waals surface area contributed by atoms with Gasteiger partial charge in [-0.3, -0.25) is 4.79 Å². The average molecular weight is 340 g/mol. The molecule has 2 atom stereocenters. The Balaban J connectivity index is 1.90. The fraction of sp³-hybridized carbons (Fsp3) is 0.286.